The number of hydrogen-bond donors (Lipinski definition) is 1. The van der Waals surface area contributed by atoms with Crippen molar-refractivity contribution in [3.05, 3.63) is 51.7 Å². The lowest BCUT2D eigenvalue weighted by Gasteiger charge is -2.16. The Morgan fingerprint density at radius 2 is 2.03 bits per heavy atom. The van der Waals surface area contributed by atoms with Crippen LogP contribution in [0.2, 0.25) is 0 Å². The van der Waals surface area contributed by atoms with Crippen LogP contribution in [0, 0.1) is 6.92 Å². The van der Waals surface area contributed by atoms with Crippen LogP contribution < -0.4 is 10.1 Å². The number of fused-ring (bicyclic) bond motifs is 1. The van der Waals surface area contributed by atoms with Gasteiger partial charge in [0.15, 0.2) is 17.1 Å². The topological polar surface area (TPSA) is 95.3 Å². The first-order chi connectivity index (χ1) is 17.4. The van der Waals surface area contributed by atoms with Gasteiger partial charge in [0, 0.05) is 11.4 Å². The molecule has 0 bridgehead atoms. The van der Waals surface area contributed by atoms with Gasteiger partial charge >= 0.3 is 5.97 Å². The number of thioether (sulfide) groups is 1. The molecule has 192 valence electrons. The minimum Gasteiger partial charge on any atom is -0.483 e. The predicted octanol–water partition coefficient (Wildman–Crippen LogP) is 5.59. The normalized spacial score (nSPS) is 14.0. The maximum atomic E-state index is 12.9. The van der Waals surface area contributed by atoms with E-state index in [1.807, 2.05) is 49.6 Å². The van der Waals surface area contributed by atoms with Crippen LogP contribution in [0.4, 0.5) is 5.00 Å². The Morgan fingerprint density at radius 3 is 2.78 bits per heavy atom. The molecule has 8 nitrogen and oxygen atoms in total. The van der Waals surface area contributed by atoms with E-state index in [4.69, 9.17) is 9.47 Å². The highest BCUT2D eigenvalue weighted by Crippen LogP contribution is 2.38. The molecule has 0 fully saturated rings. The summed E-state index contributed by atoms with van der Waals surface area (Å²) in [4.78, 5) is 26.6. The van der Waals surface area contributed by atoms with Crippen molar-refractivity contribution in [2.24, 2.45) is 0 Å². The van der Waals surface area contributed by atoms with Crippen LogP contribution in [-0.4, -0.2) is 39.5 Å². The number of aromatic nitrogens is 3. The van der Waals surface area contributed by atoms with E-state index in [0.29, 0.717) is 28.1 Å². The molecule has 1 amide bonds. The third-order valence-electron chi connectivity index (χ3n) is 6.12. The molecule has 2 aromatic heterocycles. The quantitative estimate of drug-likeness (QED) is 0.220. The zero-order valence-corrected chi connectivity index (χ0v) is 22.8. The minimum atomic E-state index is -0.393. The van der Waals surface area contributed by atoms with Gasteiger partial charge < -0.3 is 19.4 Å². The molecular weight excluding hydrogens is 496 g/mol. The van der Waals surface area contributed by atoms with Crippen LogP contribution in [0.5, 0.6) is 5.75 Å². The number of amides is 1. The summed E-state index contributed by atoms with van der Waals surface area (Å²) in [5, 5.41) is 12.8. The third kappa shape index (κ3) is 5.92. The number of anilines is 1. The van der Waals surface area contributed by atoms with E-state index >= 15 is 0 Å². The van der Waals surface area contributed by atoms with Crippen molar-refractivity contribution in [1.82, 2.24) is 14.8 Å². The minimum absolute atomic E-state index is 0.147. The number of nitrogens with one attached hydrogen (secondary N) is 1. The monoisotopic (exact) mass is 528 g/mol. The molecule has 4 rings (SSSR count). The highest BCUT2D eigenvalue weighted by atomic mass is 32.2. The summed E-state index contributed by atoms with van der Waals surface area (Å²) in [7, 11) is 1.38. The van der Waals surface area contributed by atoms with Crippen molar-refractivity contribution in [3.8, 4) is 5.75 Å². The Balaban J connectivity index is 1.44. The fourth-order valence-corrected chi connectivity index (χ4v) is 6.49. The zero-order chi connectivity index (χ0) is 25.7. The maximum Gasteiger partial charge on any atom is 0.341 e. The average molecular weight is 529 g/mol. The van der Waals surface area contributed by atoms with E-state index in [1.54, 1.807) is 0 Å². The Labute approximate surface area is 219 Å². The molecular formula is C26H32N4O4S2. The number of carbonyl (C=O) groups is 2. The summed E-state index contributed by atoms with van der Waals surface area (Å²) < 4.78 is 13.1. The Hall–Kier alpha value is -2.85. The van der Waals surface area contributed by atoms with Crippen LogP contribution in [0.15, 0.2) is 29.4 Å². The molecule has 1 atom stereocenters. The van der Waals surface area contributed by atoms with Crippen molar-refractivity contribution < 1.29 is 19.1 Å². The van der Waals surface area contributed by atoms with Gasteiger partial charge in [0.1, 0.15) is 10.8 Å². The summed E-state index contributed by atoms with van der Waals surface area (Å²) in [5.41, 5.74) is 2.67. The van der Waals surface area contributed by atoms with E-state index in [0.717, 1.165) is 49.0 Å². The predicted molar refractivity (Wildman–Crippen MR) is 142 cm³/mol. The zero-order valence-electron chi connectivity index (χ0n) is 21.1. The number of nitrogens with zero attached hydrogens (tertiary/aromatic N) is 3. The largest absolute Gasteiger partial charge is 0.483 e. The van der Waals surface area contributed by atoms with E-state index < -0.39 is 5.97 Å². The van der Waals surface area contributed by atoms with Crippen LogP contribution in [0.1, 0.15) is 71.4 Å². The second-order valence-corrected chi connectivity index (χ2v) is 10.8. The van der Waals surface area contributed by atoms with Crippen LogP contribution in [0.3, 0.4) is 0 Å². The Morgan fingerprint density at radius 1 is 1.22 bits per heavy atom. The molecule has 3 aromatic rings. The number of esters is 1. The number of thiophene rings is 1. The van der Waals surface area contributed by atoms with Gasteiger partial charge in [0.25, 0.3) is 0 Å². The molecule has 0 spiro atoms. The molecule has 0 saturated heterocycles. The third-order valence-corrected chi connectivity index (χ3v) is 8.30. The Bertz CT molecular complexity index is 1240. The van der Waals surface area contributed by atoms with Crippen molar-refractivity contribution in [1.29, 1.82) is 0 Å². The number of aryl methyl sites for hydroxylation is 2. The lowest BCUT2D eigenvalue weighted by Crippen LogP contribution is -2.17. The van der Waals surface area contributed by atoms with Crippen molar-refractivity contribution >= 4 is 40.0 Å². The summed E-state index contributed by atoms with van der Waals surface area (Å²) in [6.07, 6.45) is 4.75. The molecule has 0 saturated carbocycles. The molecule has 1 aliphatic rings. The van der Waals surface area contributed by atoms with Crippen LogP contribution >= 0.6 is 23.1 Å². The van der Waals surface area contributed by atoms with Crippen molar-refractivity contribution in [2.75, 3.05) is 18.2 Å². The number of methoxy groups -OCH3 is 1. The second-order valence-electron chi connectivity index (χ2n) is 8.76. The van der Waals surface area contributed by atoms with Gasteiger partial charge in [0.2, 0.25) is 5.91 Å². The highest BCUT2D eigenvalue weighted by molar-refractivity contribution is 7.99. The van der Waals surface area contributed by atoms with Crippen molar-refractivity contribution in [3.63, 3.8) is 0 Å². The van der Waals surface area contributed by atoms with E-state index in [-0.39, 0.29) is 17.8 Å². The van der Waals surface area contributed by atoms with Gasteiger partial charge in [-0.2, -0.15) is 0 Å². The van der Waals surface area contributed by atoms with Gasteiger partial charge in [-0.05, 0) is 69.7 Å². The van der Waals surface area contributed by atoms with Crippen LogP contribution in [-0.2, 0) is 28.9 Å². The van der Waals surface area contributed by atoms with Gasteiger partial charge in [-0.25, -0.2) is 4.79 Å². The highest BCUT2D eigenvalue weighted by Gasteiger charge is 2.26. The standard InChI is InChI=1S/C26H32N4O4S2/c1-5-30-23(17(3)34-18-11-9-10-16(2)14-18)28-29-26(30)35-15-21(31)27-24-22(25(32)33-4)19-12-7-6-8-13-20(19)36-24/h9-11,14,17H,5-8,12-13,15H2,1-4H3,(H,27,31). The lowest BCUT2D eigenvalue weighted by molar-refractivity contribution is -0.113. The molecule has 1 aromatic carbocycles. The average Bonchev–Trinajstić information content (AvgIpc) is 3.35. The number of benzene rings is 1. The summed E-state index contributed by atoms with van der Waals surface area (Å²) in [6.45, 7) is 6.62. The first-order valence-electron chi connectivity index (χ1n) is 12.2. The molecule has 0 aliphatic heterocycles. The van der Waals surface area contributed by atoms with E-state index in [1.165, 1.54) is 35.1 Å². The fraction of sp³-hybridized carbons (Fsp3) is 0.462. The van der Waals surface area contributed by atoms with Gasteiger partial charge in [-0.1, -0.05) is 30.3 Å². The van der Waals surface area contributed by atoms with Gasteiger partial charge in [-0.15, -0.1) is 21.5 Å². The van der Waals surface area contributed by atoms with Gasteiger partial charge in [0.05, 0.1) is 18.4 Å². The summed E-state index contributed by atoms with van der Waals surface area (Å²) in [6, 6.07) is 7.88. The molecule has 1 unspecified atom stereocenters. The molecule has 1 N–H and O–H groups in total. The Kier molecular flexibility index (Phi) is 8.68. The first kappa shape index (κ1) is 26.2. The molecule has 36 heavy (non-hydrogen) atoms. The first-order valence-corrected chi connectivity index (χ1v) is 14.0. The smallest absolute Gasteiger partial charge is 0.341 e. The maximum absolute atomic E-state index is 12.9. The van der Waals surface area contributed by atoms with Crippen molar-refractivity contribution in [2.45, 2.75) is 70.7 Å². The molecule has 2 heterocycles. The van der Waals surface area contributed by atoms with E-state index in [2.05, 4.69) is 15.5 Å². The van der Waals surface area contributed by atoms with Gasteiger partial charge in [-0.3, -0.25) is 4.79 Å². The van der Waals surface area contributed by atoms with Crippen LogP contribution in [0.25, 0.3) is 0 Å². The molecule has 10 heteroatoms. The summed E-state index contributed by atoms with van der Waals surface area (Å²) in [5.74, 6) is 1.04. The summed E-state index contributed by atoms with van der Waals surface area (Å²) >= 11 is 2.81. The second kappa shape index (κ2) is 11.9. The number of ether oxygens (including phenoxy) is 2. The number of carbonyl (C=O) groups excluding carboxylic acids is 2. The number of hydrogen-bond acceptors (Lipinski definition) is 8. The SMILES string of the molecule is CCn1c(SCC(=O)Nc2sc3c(c2C(=O)OC)CCCCC3)nnc1C(C)Oc1cccc(C)c1. The molecule has 1 aliphatic carbocycles. The molecule has 0 radical (unpaired) electrons. The fourth-order valence-electron chi connectivity index (χ4n) is 4.39. The van der Waals surface area contributed by atoms with E-state index in [9.17, 15) is 9.59 Å². The lowest BCUT2D eigenvalue weighted by atomic mass is 10.1. The number of rotatable bonds is 9.